The minimum absolute atomic E-state index is 0.0784. The van der Waals surface area contributed by atoms with Gasteiger partial charge in [0.1, 0.15) is 13.2 Å². The number of esters is 3. The van der Waals surface area contributed by atoms with Gasteiger partial charge in [-0.3, -0.25) is 14.4 Å². The molecule has 1 atom stereocenters. The smallest absolute Gasteiger partial charge is 0.306 e. The van der Waals surface area contributed by atoms with Gasteiger partial charge in [-0.15, -0.1) is 0 Å². The summed E-state index contributed by atoms with van der Waals surface area (Å²) in [6.45, 7) is 6.58. The first-order chi connectivity index (χ1) is 29.0. The van der Waals surface area contributed by atoms with Gasteiger partial charge < -0.3 is 14.2 Å². The molecule has 0 bridgehead atoms. The fourth-order valence-electron chi connectivity index (χ4n) is 7.22. The van der Waals surface area contributed by atoms with Crippen molar-refractivity contribution in [1.82, 2.24) is 0 Å². The highest BCUT2D eigenvalue weighted by Crippen LogP contribution is 2.15. The van der Waals surface area contributed by atoms with Crippen LogP contribution in [0.5, 0.6) is 0 Å². The molecule has 0 heterocycles. The maximum absolute atomic E-state index is 12.8. The Labute approximate surface area is 365 Å². The van der Waals surface area contributed by atoms with Crippen LogP contribution in [0.25, 0.3) is 0 Å². The van der Waals surface area contributed by atoms with Crippen molar-refractivity contribution < 1.29 is 28.6 Å². The topological polar surface area (TPSA) is 78.9 Å². The molecule has 6 nitrogen and oxygen atoms in total. The number of carbonyl (C=O) groups excluding carboxylic acids is 3. The van der Waals surface area contributed by atoms with Crippen molar-refractivity contribution in [2.75, 3.05) is 13.2 Å². The molecule has 0 aromatic heterocycles. The molecule has 0 fully saturated rings. The Bertz CT molecular complexity index is 1000. The van der Waals surface area contributed by atoms with Gasteiger partial charge in [0.25, 0.3) is 0 Å². The summed E-state index contributed by atoms with van der Waals surface area (Å²) in [6.07, 6.45) is 55.5. The second kappa shape index (κ2) is 48.3. The molecule has 1 unspecified atom stereocenters. The molecule has 344 valence electrons. The van der Waals surface area contributed by atoms with Gasteiger partial charge in [0.15, 0.2) is 6.10 Å². The number of rotatable bonds is 46. The molecular formula is C53H96O6. The fourth-order valence-corrected chi connectivity index (χ4v) is 7.22. The Kier molecular flexibility index (Phi) is 46.4. The van der Waals surface area contributed by atoms with Crippen molar-refractivity contribution in [3.63, 3.8) is 0 Å². The molecular weight excluding hydrogens is 733 g/mol. The summed E-state index contributed by atoms with van der Waals surface area (Å²) in [5, 5.41) is 0. The van der Waals surface area contributed by atoms with Crippen LogP contribution in [0.1, 0.15) is 265 Å². The molecule has 0 aliphatic carbocycles. The molecule has 6 heteroatoms. The highest BCUT2D eigenvalue weighted by molar-refractivity contribution is 5.71. The van der Waals surface area contributed by atoms with Gasteiger partial charge in [0.05, 0.1) is 0 Å². The Morgan fingerprint density at radius 3 is 1.02 bits per heavy atom. The van der Waals surface area contributed by atoms with E-state index in [4.69, 9.17) is 14.2 Å². The van der Waals surface area contributed by atoms with E-state index in [1.807, 2.05) is 0 Å². The largest absolute Gasteiger partial charge is 0.462 e. The Morgan fingerprint density at radius 2 is 0.627 bits per heavy atom. The first-order valence-electron chi connectivity index (χ1n) is 25.5. The van der Waals surface area contributed by atoms with Gasteiger partial charge in [0, 0.05) is 19.3 Å². The van der Waals surface area contributed by atoms with Gasteiger partial charge in [0.2, 0.25) is 0 Å². The molecule has 0 amide bonds. The van der Waals surface area contributed by atoms with E-state index in [-0.39, 0.29) is 31.1 Å². The van der Waals surface area contributed by atoms with Crippen LogP contribution in [-0.2, 0) is 28.6 Å². The predicted octanol–water partition coefficient (Wildman–Crippen LogP) is 16.5. The van der Waals surface area contributed by atoms with Crippen molar-refractivity contribution >= 4 is 17.9 Å². The summed E-state index contributed by atoms with van der Waals surface area (Å²) in [6, 6.07) is 0. The molecule has 0 saturated carbocycles. The maximum atomic E-state index is 12.8. The number of allylic oxidation sites excluding steroid dienone is 6. The second-order valence-electron chi connectivity index (χ2n) is 17.1. The van der Waals surface area contributed by atoms with Gasteiger partial charge in [-0.25, -0.2) is 0 Å². The molecule has 0 aromatic rings. The number of hydrogen-bond donors (Lipinski definition) is 0. The van der Waals surface area contributed by atoms with Crippen LogP contribution >= 0.6 is 0 Å². The third kappa shape index (κ3) is 46.5. The van der Waals surface area contributed by atoms with E-state index in [1.54, 1.807) is 0 Å². The third-order valence-electron chi connectivity index (χ3n) is 11.1. The van der Waals surface area contributed by atoms with E-state index in [1.165, 1.54) is 141 Å². The molecule has 0 aliphatic heterocycles. The first kappa shape index (κ1) is 56.6. The van der Waals surface area contributed by atoms with Gasteiger partial charge >= 0.3 is 17.9 Å². The average Bonchev–Trinajstić information content (AvgIpc) is 3.23. The Morgan fingerprint density at radius 1 is 0.339 bits per heavy atom. The van der Waals surface area contributed by atoms with Crippen LogP contribution in [0.3, 0.4) is 0 Å². The molecule has 0 spiro atoms. The molecule has 0 aliphatic rings. The summed E-state index contributed by atoms with van der Waals surface area (Å²) in [5.74, 6) is -0.891. The number of hydrogen-bond acceptors (Lipinski definition) is 6. The van der Waals surface area contributed by atoms with Gasteiger partial charge in [-0.05, 0) is 70.6 Å². The predicted molar refractivity (Wildman–Crippen MR) is 252 cm³/mol. The summed E-state index contributed by atoms with van der Waals surface area (Å²) < 4.78 is 16.8. The summed E-state index contributed by atoms with van der Waals surface area (Å²) in [4.78, 5) is 37.9. The number of ether oxygens (including phenoxy) is 3. The zero-order chi connectivity index (χ0) is 43.0. The zero-order valence-electron chi connectivity index (χ0n) is 39.3. The monoisotopic (exact) mass is 829 g/mol. The van der Waals surface area contributed by atoms with Crippen molar-refractivity contribution in [2.24, 2.45) is 0 Å². The number of unbranched alkanes of at least 4 members (excludes halogenated alkanes) is 29. The van der Waals surface area contributed by atoms with Crippen molar-refractivity contribution in [1.29, 1.82) is 0 Å². The maximum Gasteiger partial charge on any atom is 0.306 e. The summed E-state index contributed by atoms with van der Waals surface area (Å²) in [5.41, 5.74) is 0. The van der Waals surface area contributed by atoms with E-state index in [0.717, 1.165) is 83.5 Å². The van der Waals surface area contributed by atoms with E-state index in [9.17, 15) is 14.4 Å². The lowest BCUT2D eigenvalue weighted by Crippen LogP contribution is -2.30. The van der Waals surface area contributed by atoms with Crippen LogP contribution in [0.4, 0.5) is 0 Å². The minimum Gasteiger partial charge on any atom is -0.462 e. The average molecular weight is 829 g/mol. The lowest BCUT2D eigenvalue weighted by Gasteiger charge is -2.18. The molecule has 0 N–H and O–H groups in total. The van der Waals surface area contributed by atoms with Crippen LogP contribution < -0.4 is 0 Å². The van der Waals surface area contributed by atoms with Crippen LogP contribution in [-0.4, -0.2) is 37.2 Å². The highest BCUT2D eigenvalue weighted by atomic mass is 16.6. The highest BCUT2D eigenvalue weighted by Gasteiger charge is 2.19. The van der Waals surface area contributed by atoms with Crippen LogP contribution in [0.15, 0.2) is 36.5 Å². The normalized spacial score (nSPS) is 12.3. The van der Waals surface area contributed by atoms with Crippen molar-refractivity contribution in [2.45, 2.75) is 271 Å². The molecule has 0 radical (unpaired) electrons. The van der Waals surface area contributed by atoms with Gasteiger partial charge in [-0.2, -0.15) is 0 Å². The molecule has 0 aromatic carbocycles. The summed E-state index contributed by atoms with van der Waals surface area (Å²) in [7, 11) is 0. The quantitative estimate of drug-likeness (QED) is 0.0263. The molecule has 0 rings (SSSR count). The lowest BCUT2D eigenvalue weighted by molar-refractivity contribution is -0.167. The molecule has 0 saturated heterocycles. The first-order valence-corrected chi connectivity index (χ1v) is 25.5. The van der Waals surface area contributed by atoms with Crippen molar-refractivity contribution in [3.05, 3.63) is 36.5 Å². The lowest BCUT2D eigenvalue weighted by atomic mass is 10.0. The third-order valence-corrected chi connectivity index (χ3v) is 11.1. The molecule has 59 heavy (non-hydrogen) atoms. The van der Waals surface area contributed by atoms with Crippen LogP contribution in [0.2, 0.25) is 0 Å². The van der Waals surface area contributed by atoms with Crippen LogP contribution in [0, 0.1) is 0 Å². The number of carbonyl (C=O) groups is 3. The van der Waals surface area contributed by atoms with E-state index in [0.29, 0.717) is 19.3 Å². The van der Waals surface area contributed by atoms with Crippen molar-refractivity contribution in [3.8, 4) is 0 Å². The van der Waals surface area contributed by atoms with Gasteiger partial charge in [-0.1, -0.05) is 211 Å². The summed E-state index contributed by atoms with van der Waals surface area (Å²) >= 11 is 0. The SMILES string of the molecule is CCCC/C=C\C/C=C\CCCCCCCC(=O)OCC(COC(=O)CCCCCCC/C=C\CCCCCC)OC(=O)CCCCCCCCCCCCCCCC. The van der Waals surface area contributed by atoms with E-state index < -0.39 is 6.10 Å². The van der Waals surface area contributed by atoms with E-state index in [2.05, 4.69) is 57.2 Å². The Balaban J connectivity index is 4.39. The van der Waals surface area contributed by atoms with E-state index >= 15 is 0 Å². The second-order valence-corrected chi connectivity index (χ2v) is 17.1. The zero-order valence-corrected chi connectivity index (χ0v) is 39.3. The standard InChI is InChI=1S/C53H96O6/c1-4-7-10-13-16-19-22-25-28-31-34-37-40-43-46-52(55)58-49-50(48-57-51(54)45-42-39-36-33-30-27-24-21-18-15-12-9-6-3)59-53(56)47-44-41-38-35-32-29-26-23-20-17-14-11-8-5-2/h13,16,21-22,24-25,50H,4-12,14-15,17-20,23,26-49H2,1-3H3/b16-13-,24-21-,25-22-. The fraction of sp³-hybridized carbons (Fsp3) is 0.830. The minimum atomic E-state index is -0.776. The Hall–Kier alpha value is -2.37.